The van der Waals surface area contributed by atoms with Crippen molar-refractivity contribution in [1.29, 1.82) is 0 Å². The van der Waals surface area contributed by atoms with Crippen LogP contribution in [0.1, 0.15) is 16.3 Å². The van der Waals surface area contributed by atoms with Gasteiger partial charge in [-0.1, -0.05) is 11.2 Å². The van der Waals surface area contributed by atoms with Crippen molar-refractivity contribution < 1.29 is 13.7 Å². The Bertz CT molecular complexity index is 1010. The van der Waals surface area contributed by atoms with Crippen molar-refractivity contribution in [1.82, 2.24) is 10.1 Å². The first-order valence-corrected chi connectivity index (χ1v) is 8.25. The third-order valence-corrected chi connectivity index (χ3v) is 4.56. The fourth-order valence-corrected chi connectivity index (χ4v) is 3.09. The van der Waals surface area contributed by atoms with Gasteiger partial charge in [-0.25, -0.2) is 0 Å². The molecule has 4 rings (SSSR count). The first-order valence-electron chi connectivity index (χ1n) is 7.37. The molecular formula is C18H14N2O3S. The Kier molecular flexibility index (Phi) is 3.66. The summed E-state index contributed by atoms with van der Waals surface area (Å²) in [6.07, 6.45) is 3.74. The smallest absolute Gasteiger partial charge is 0.251 e. The zero-order valence-corrected chi connectivity index (χ0v) is 14.0. The number of hydrogen-bond donors (Lipinski definition) is 0. The molecule has 0 unspecified atom stereocenters. The summed E-state index contributed by atoms with van der Waals surface area (Å²) < 4.78 is 16.4. The molecule has 3 heterocycles. The van der Waals surface area contributed by atoms with Gasteiger partial charge in [-0.3, -0.25) is 0 Å². The molecule has 0 radical (unpaired) electrons. The molecule has 0 aliphatic rings. The number of benzene rings is 1. The van der Waals surface area contributed by atoms with Gasteiger partial charge in [0, 0.05) is 21.9 Å². The fourth-order valence-electron chi connectivity index (χ4n) is 2.47. The number of methoxy groups -OCH3 is 1. The average molecular weight is 338 g/mol. The van der Waals surface area contributed by atoms with Crippen LogP contribution in [0.4, 0.5) is 0 Å². The van der Waals surface area contributed by atoms with Gasteiger partial charge in [-0.05, 0) is 42.6 Å². The van der Waals surface area contributed by atoms with Crippen molar-refractivity contribution in [2.75, 3.05) is 7.11 Å². The fraction of sp³-hybridized carbons (Fsp3) is 0.111. The Morgan fingerprint density at radius 3 is 2.92 bits per heavy atom. The Hall–Kier alpha value is -2.86. The summed E-state index contributed by atoms with van der Waals surface area (Å²) in [6, 6.07) is 9.70. The van der Waals surface area contributed by atoms with Crippen LogP contribution in [0.5, 0.6) is 5.75 Å². The number of furan rings is 1. The van der Waals surface area contributed by atoms with Crippen molar-refractivity contribution in [3.8, 4) is 17.3 Å². The summed E-state index contributed by atoms with van der Waals surface area (Å²) in [7, 11) is 1.64. The number of hydrogen-bond acceptors (Lipinski definition) is 6. The molecule has 0 N–H and O–H groups in total. The minimum atomic E-state index is 0.438. The summed E-state index contributed by atoms with van der Waals surface area (Å²) >= 11 is 1.65. The molecule has 3 aromatic heterocycles. The Labute approximate surface area is 142 Å². The number of rotatable bonds is 4. The van der Waals surface area contributed by atoms with Crippen LogP contribution in [-0.4, -0.2) is 17.3 Å². The molecule has 1 aromatic carbocycles. The van der Waals surface area contributed by atoms with E-state index in [-0.39, 0.29) is 0 Å². The van der Waals surface area contributed by atoms with E-state index in [0.717, 1.165) is 27.2 Å². The minimum Gasteiger partial charge on any atom is -0.497 e. The lowest BCUT2D eigenvalue weighted by molar-refractivity contribution is 0.409. The summed E-state index contributed by atoms with van der Waals surface area (Å²) in [4.78, 5) is 5.52. The van der Waals surface area contributed by atoms with Crippen LogP contribution < -0.4 is 4.74 Å². The second-order valence-electron chi connectivity index (χ2n) is 5.22. The van der Waals surface area contributed by atoms with E-state index in [1.807, 2.05) is 48.7 Å². The van der Waals surface area contributed by atoms with Gasteiger partial charge in [0.25, 0.3) is 5.89 Å². The number of nitrogens with zero attached hydrogens (tertiary/aromatic N) is 2. The van der Waals surface area contributed by atoms with Crippen LogP contribution in [0.2, 0.25) is 0 Å². The second-order valence-corrected chi connectivity index (χ2v) is 6.20. The van der Waals surface area contributed by atoms with E-state index in [4.69, 9.17) is 13.7 Å². The molecule has 120 valence electrons. The molecule has 0 amide bonds. The van der Waals surface area contributed by atoms with E-state index < -0.39 is 0 Å². The van der Waals surface area contributed by atoms with Gasteiger partial charge in [-0.2, -0.15) is 4.98 Å². The van der Waals surface area contributed by atoms with Crippen molar-refractivity contribution in [3.63, 3.8) is 0 Å². The van der Waals surface area contributed by atoms with E-state index >= 15 is 0 Å². The van der Waals surface area contributed by atoms with E-state index in [0.29, 0.717) is 17.5 Å². The lowest BCUT2D eigenvalue weighted by atomic mass is 10.1. The highest BCUT2D eigenvalue weighted by atomic mass is 32.1. The molecule has 6 heteroatoms. The van der Waals surface area contributed by atoms with Gasteiger partial charge in [0.2, 0.25) is 5.82 Å². The normalized spacial score (nSPS) is 11.6. The van der Waals surface area contributed by atoms with Crippen molar-refractivity contribution in [2.24, 2.45) is 0 Å². The summed E-state index contributed by atoms with van der Waals surface area (Å²) in [5.74, 6) is 2.27. The zero-order chi connectivity index (χ0) is 16.5. The van der Waals surface area contributed by atoms with Gasteiger partial charge >= 0.3 is 0 Å². The average Bonchev–Trinajstić information content (AvgIpc) is 3.33. The predicted octanol–water partition coefficient (Wildman–Crippen LogP) is 5.03. The second kappa shape index (κ2) is 5.98. The van der Waals surface area contributed by atoms with Crippen LogP contribution >= 0.6 is 11.3 Å². The minimum absolute atomic E-state index is 0.438. The Morgan fingerprint density at radius 2 is 2.12 bits per heavy atom. The molecular weight excluding hydrogens is 324 g/mol. The summed E-state index contributed by atoms with van der Waals surface area (Å²) in [6.45, 7) is 1.97. The molecule has 0 aliphatic carbocycles. The van der Waals surface area contributed by atoms with Crippen molar-refractivity contribution >= 4 is 34.5 Å². The van der Waals surface area contributed by atoms with Gasteiger partial charge in [0.1, 0.15) is 11.3 Å². The Balaban J connectivity index is 1.69. The topological polar surface area (TPSA) is 61.3 Å². The molecule has 4 aromatic rings. The number of fused-ring (bicyclic) bond motifs is 1. The van der Waals surface area contributed by atoms with Crippen molar-refractivity contribution in [3.05, 3.63) is 52.0 Å². The van der Waals surface area contributed by atoms with Crippen LogP contribution in [-0.2, 0) is 0 Å². The lowest BCUT2D eigenvalue weighted by Crippen LogP contribution is -1.82. The maximum atomic E-state index is 5.89. The van der Waals surface area contributed by atoms with E-state index in [1.165, 1.54) is 0 Å². The summed E-state index contributed by atoms with van der Waals surface area (Å²) in [5, 5.41) is 7.02. The molecule has 0 saturated carbocycles. The monoisotopic (exact) mass is 338 g/mol. The van der Waals surface area contributed by atoms with E-state index in [2.05, 4.69) is 10.1 Å². The quantitative estimate of drug-likeness (QED) is 0.522. The lowest BCUT2D eigenvalue weighted by Gasteiger charge is -1.97. The number of aromatic nitrogens is 2. The first-order chi connectivity index (χ1) is 11.7. The Morgan fingerprint density at radius 1 is 1.21 bits per heavy atom. The van der Waals surface area contributed by atoms with Crippen molar-refractivity contribution in [2.45, 2.75) is 6.92 Å². The molecule has 0 saturated heterocycles. The van der Waals surface area contributed by atoms with Crippen LogP contribution in [0.15, 0.2) is 44.7 Å². The number of aryl methyl sites for hydroxylation is 1. The standard InChI is InChI=1S/C18H14N2O3S/c1-11-14-10-12(21-2)5-7-15(14)22-17(11)18-19-16(23-20-18)8-6-13-4-3-9-24-13/h3-10H,1-2H3. The molecule has 0 bridgehead atoms. The number of ether oxygens (including phenoxy) is 1. The highest BCUT2D eigenvalue weighted by Gasteiger charge is 2.17. The van der Waals surface area contributed by atoms with Crippen LogP contribution in [0.3, 0.4) is 0 Å². The van der Waals surface area contributed by atoms with Gasteiger partial charge in [-0.15, -0.1) is 11.3 Å². The molecule has 0 aliphatic heterocycles. The first kappa shape index (κ1) is 14.7. The van der Waals surface area contributed by atoms with Gasteiger partial charge < -0.3 is 13.7 Å². The van der Waals surface area contributed by atoms with Crippen LogP contribution in [0, 0.1) is 6.92 Å². The highest BCUT2D eigenvalue weighted by molar-refractivity contribution is 7.10. The van der Waals surface area contributed by atoms with Crippen LogP contribution in [0.25, 0.3) is 34.7 Å². The molecule has 0 fully saturated rings. The maximum Gasteiger partial charge on any atom is 0.251 e. The highest BCUT2D eigenvalue weighted by Crippen LogP contribution is 2.33. The molecule has 24 heavy (non-hydrogen) atoms. The predicted molar refractivity (Wildman–Crippen MR) is 94.0 cm³/mol. The summed E-state index contributed by atoms with van der Waals surface area (Å²) in [5.41, 5.74) is 1.72. The largest absolute Gasteiger partial charge is 0.497 e. The molecule has 5 nitrogen and oxygen atoms in total. The third kappa shape index (κ3) is 2.61. The maximum absolute atomic E-state index is 5.89. The van der Waals surface area contributed by atoms with E-state index in [9.17, 15) is 0 Å². The molecule has 0 atom stereocenters. The van der Waals surface area contributed by atoms with Gasteiger partial charge in [0.15, 0.2) is 5.76 Å². The number of thiophene rings is 1. The molecule has 0 spiro atoms. The zero-order valence-electron chi connectivity index (χ0n) is 13.1. The SMILES string of the molecule is COc1ccc2oc(-c3noc(C=Cc4cccs4)n3)c(C)c2c1. The van der Waals surface area contributed by atoms with Gasteiger partial charge in [0.05, 0.1) is 7.11 Å². The van der Waals surface area contributed by atoms with E-state index in [1.54, 1.807) is 24.5 Å². The third-order valence-electron chi connectivity index (χ3n) is 3.72.